The maximum atomic E-state index is 12.1. The summed E-state index contributed by atoms with van der Waals surface area (Å²) in [6.07, 6.45) is 0.653. The molecule has 2 atom stereocenters. The van der Waals surface area contributed by atoms with E-state index in [4.69, 9.17) is 27.9 Å². The van der Waals surface area contributed by atoms with E-state index in [1.165, 1.54) is 11.3 Å². The molecule has 1 aromatic rings. The molecule has 124 valence electrons. The summed E-state index contributed by atoms with van der Waals surface area (Å²) in [4.78, 5) is 13.8. The highest BCUT2D eigenvalue weighted by Crippen LogP contribution is 2.35. The standard InChI is InChI=1S/C15H22Cl2N2O2S/c1-9(11-7-12(16)22-13(11)17)18-10-5-6-19(8-10)14(20)21-15(2,3)4/h7,9-10,18H,5-6,8H2,1-4H3. The molecule has 0 spiro atoms. The Bertz CT molecular complexity index is 542. The minimum atomic E-state index is -0.461. The number of hydrogen-bond acceptors (Lipinski definition) is 4. The fourth-order valence-electron chi connectivity index (χ4n) is 2.48. The molecular formula is C15H22Cl2N2O2S. The highest BCUT2D eigenvalue weighted by atomic mass is 35.5. The lowest BCUT2D eigenvalue weighted by molar-refractivity contribution is 0.0290. The first kappa shape index (κ1) is 17.9. The summed E-state index contributed by atoms with van der Waals surface area (Å²) in [5.41, 5.74) is 0.545. The fraction of sp³-hybridized carbons (Fsp3) is 0.667. The number of carbonyl (C=O) groups excluding carboxylic acids is 1. The molecule has 0 saturated carbocycles. The number of ether oxygens (including phenoxy) is 1. The Balaban J connectivity index is 1.88. The Kier molecular flexibility index (Phi) is 5.64. The topological polar surface area (TPSA) is 41.6 Å². The normalized spacial score (nSPS) is 20.3. The molecule has 1 aliphatic rings. The summed E-state index contributed by atoms with van der Waals surface area (Å²) in [6.45, 7) is 9.04. The Morgan fingerprint density at radius 3 is 2.73 bits per heavy atom. The SMILES string of the molecule is CC(NC1CCN(C(=O)OC(C)(C)C)C1)c1cc(Cl)sc1Cl. The lowest BCUT2D eigenvalue weighted by Gasteiger charge is -2.25. The smallest absolute Gasteiger partial charge is 0.410 e. The van der Waals surface area contributed by atoms with Gasteiger partial charge in [-0.15, -0.1) is 11.3 Å². The summed E-state index contributed by atoms with van der Waals surface area (Å²) in [5, 5.41) is 3.51. The Labute approximate surface area is 145 Å². The number of thiophene rings is 1. The molecule has 0 radical (unpaired) electrons. The molecule has 0 aliphatic carbocycles. The van der Waals surface area contributed by atoms with Crippen LogP contribution in [0.2, 0.25) is 8.67 Å². The molecule has 1 fully saturated rings. The summed E-state index contributed by atoms with van der Waals surface area (Å²) in [5.74, 6) is 0. The van der Waals surface area contributed by atoms with E-state index < -0.39 is 5.60 Å². The van der Waals surface area contributed by atoms with Gasteiger partial charge in [-0.25, -0.2) is 4.79 Å². The van der Waals surface area contributed by atoms with Gasteiger partial charge in [0.2, 0.25) is 0 Å². The van der Waals surface area contributed by atoms with Crippen LogP contribution in [-0.4, -0.2) is 35.7 Å². The Morgan fingerprint density at radius 1 is 1.50 bits per heavy atom. The Hall–Kier alpha value is -0.490. The second-order valence-electron chi connectivity index (χ2n) is 6.58. The number of rotatable bonds is 3. The number of amides is 1. The number of hydrogen-bond donors (Lipinski definition) is 1. The molecule has 1 aliphatic heterocycles. The minimum Gasteiger partial charge on any atom is -0.444 e. The van der Waals surface area contributed by atoms with Crippen LogP contribution in [0.4, 0.5) is 4.79 Å². The zero-order valence-electron chi connectivity index (χ0n) is 13.3. The molecule has 2 rings (SSSR count). The van der Waals surface area contributed by atoms with Crippen molar-refractivity contribution in [3.63, 3.8) is 0 Å². The van der Waals surface area contributed by atoms with E-state index in [1.54, 1.807) is 4.90 Å². The van der Waals surface area contributed by atoms with Crippen molar-refractivity contribution in [3.05, 3.63) is 20.3 Å². The van der Waals surface area contributed by atoms with E-state index in [2.05, 4.69) is 12.2 Å². The lowest BCUT2D eigenvalue weighted by atomic mass is 10.1. The molecule has 1 amide bonds. The fourth-order valence-corrected chi connectivity index (χ4v) is 4.13. The van der Waals surface area contributed by atoms with Crippen LogP contribution in [0.1, 0.15) is 45.7 Å². The summed E-state index contributed by atoms with van der Waals surface area (Å²) >= 11 is 13.5. The minimum absolute atomic E-state index is 0.0971. The van der Waals surface area contributed by atoms with E-state index in [9.17, 15) is 4.79 Å². The second-order valence-corrected chi connectivity index (χ2v) is 8.87. The van der Waals surface area contributed by atoms with Gasteiger partial charge < -0.3 is 15.0 Å². The van der Waals surface area contributed by atoms with Crippen LogP contribution < -0.4 is 5.32 Å². The van der Waals surface area contributed by atoms with E-state index in [0.717, 1.165) is 12.0 Å². The van der Waals surface area contributed by atoms with Gasteiger partial charge in [-0.1, -0.05) is 23.2 Å². The molecular weight excluding hydrogens is 343 g/mol. The number of halogens is 2. The number of nitrogens with zero attached hydrogens (tertiary/aromatic N) is 1. The first-order chi connectivity index (χ1) is 10.2. The van der Waals surface area contributed by atoms with Crippen molar-refractivity contribution in [2.75, 3.05) is 13.1 Å². The third-order valence-electron chi connectivity index (χ3n) is 3.48. The van der Waals surface area contributed by atoms with E-state index in [0.29, 0.717) is 21.8 Å². The first-order valence-electron chi connectivity index (χ1n) is 7.34. The van der Waals surface area contributed by atoms with Gasteiger partial charge in [0.05, 0.1) is 8.67 Å². The molecule has 2 unspecified atom stereocenters. The average Bonchev–Trinajstić information content (AvgIpc) is 2.94. The van der Waals surface area contributed by atoms with Gasteiger partial charge in [0.15, 0.2) is 0 Å². The molecule has 1 saturated heterocycles. The first-order valence-corrected chi connectivity index (χ1v) is 8.91. The largest absolute Gasteiger partial charge is 0.444 e. The van der Waals surface area contributed by atoms with Gasteiger partial charge in [-0.3, -0.25) is 0 Å². The van der Waals surface area contributed by atoms with Crippen LogP contribution in [0.25, 0.3) is 0 Å². The van der Waals surface area contributed by atoms with Gasteiger partial charge >= 0.3 is 6.09 Å². The van der Waals surface area contributed by atoms with E-state index in [1.807, 2.05) is 26.8 Å². The van der Waals surface area contributed by atoms with E-state index in [-0.39, 0.29) is 18.2 Å². The third-order valence-corrected chi connectivity index (χ3v) is 4.99. The van der Waals surface area contributed by atoms with Crippen LogP contribution >= 0.6 is 34.5 Å². The quantitative estimate of drug-likeness (QED) is 0.843. The van der Waals surface area contributed by atoms with Gasteiger partial charge in [0.1, 0.15) is 5.60 Å². The second kappa shape index (κ2) is 6.95. The molecule has 7 heteroatoms. The van der Waals surface area contributed by atoms with Crippen molar-refractivity contribution < 1.29 is 9.53 Å². The molecule has 22 heavy (non-hydrogen) atoms. The monoisotopic (exact) mass is 364 g/mol. The zero-order chi connectivity index (χ0) is 16.5. The molecule has 0 bridgehead atoms. The predicted molar refractivity (Wildman–Crippen MR) is 92.1 cm³/mol. The van der Waals surface area contributed by atoms with Crippen LogP contribution in [0, 0.1) is 0 Å². The van der Waals surface area contributed by atoms with Crippen molar-refractivity contribution in [1.82, 2.24) is 10.2 Å². The van der Waals surface area contributed by atoms with Crippen LogP contribution in [0.15, 0.2) is 6.07 Å². The van der Waals surface area contributed by atoms with Crippen molar-refractivity contribution >= 4 is 40.6 Å². The summed E-state index contributed by atoms with van der Waals surface area (Å²) < 4.78 is 6.81. The maximum Gasteiger partial charge on any atom is 0.410 e. The third kappa shape index (κ3) is 4.75. The maximum absolute atomic E-state index is 12.1. The van der Waals surface area contributed by atoms with Gasteiger partial charge in [0.25, 0.3) is 0 Å². The molecule has 4 nitrogen and oxygen atoms in total. The average molecular weight is 365 g/mol. The van der Waals surface area contributed by atoms with Crippen molar-refractivity contribution in [1.29, 1.82) is 0 Å². The van der Waals surface area contributed by atoms with Gasteiger partial charge in [0, 0.05) is 25.2 Å². The van der Waals surface area contributed by atoms with Crippen LogP contribution in [0.3, 0.4) is 0 Å². The molecule has 0 aromatic carbocycles. The molecule has 2 heterocycles. The summed E-state index contributed by atoms with van der Waals surface area (Å²) in [7, 11) is 0. The van der Waals surface area contributed by atoms with Crippen molar-refractivity contribution in [2.24, 2.45) is 0 Å². The highest BCUT2D eigenvalue weighted by molar-refractivity contribution is 7.20. The lowest BCUT2D eigenvalue weighted by Crippen LogP contribution is -2.38. The highest BCUT2D eigenvalue weighted by Gasteiger charge is 2.30. The van der Waals surface area contributed by atoms with Crippen molar-refractivity contribution in [2.45, 2.75) is 51.8 Å². The summed E-state index contributed by atoms with van der Waals surface area (Å²) in [6, 6.07) is 2.23. The van der Waals surface area contributed by atoms with Gasteiger partial charge in [-0.05, 0) is 45.7 Å². The van der Waals surface area contributed by atoms with Crippen molar-refractivity contribution in [3.8, 4) is 0 Å². The molecule has 1 N–H and O–H groups in total. The number of carbonyl (C=O) groups is 1. The Morgan fingerprint density at radius 2 is 2.18 bits per heavy atom. The molecule has 1 aromatic heterocycles. The predicted octanol–water partition coefficient (Wildman–Crippen LogP) is 4.71. The number of nitrogens with one attached hydrogen (secondary N) is 1. The van der Waals surface area contributed by atoms with Crippen LogP contribution in [0.5, 0.6) is 0 Å². The zero-order valence-corrected chi connectivity index (χ0v) is 15.6. The number of likely N-dealkylation sites (tertiary alicyclic amines) is 1. The van der Waals surface area contributed by atoms with Crippen LogP contribution in [-0.2, 0) is 4.74 Å². The van der Waals surface area contributed by atoms with Gasteiger partial charge in [-0.2, -0.15) is 0 Å². The van der Waals surface area contributed by atoms with E-state index >= 15 is 0 Å².